The summed E-state index contributed by atoms with van der Waals surface area (Å²) in [5.41, 5.74) is 0.666. The molecule has 0 aliphatic carbocycles. The predicted octanol–water partition coefficient (Wildman–Crippen LogP) is 3.45. The molecule has 0 unspecified atom stereocenters. The van der Waals surface area contributed by atoms with Crippen LogP contribution in [-0.4, -0.2) is 18.4 Å². The van der Waals surface area contributed by atoms with Gasteiger partial charge in [0.2, 0.25) is 0 Å². The first-order valence-corrected chi connectivity index (χ1v) is 7.23. The molecule has 0 radical (unpaired) electrons. The molecule has 0 aliphatic heterocycles. The van der Waals surface area contributed by atoms with Gasteiger partial charge in [-0.25, -0.2) is 0 Å². The molecule has 116 valence electrons. The van der Waals surface area contributed by atoms with Crippen LogP contribution in [0.15, 0.2) is 41.0 Å². The highest BCUT2D eigenvalue weighted by Gasteiger charge is 2.10. The third kappa shape index (κ3) is 4.79. The van der Waals surface area contributed by atoms with Crippen LogP contribution in [0.3, 0.4) is 0 Å². The largest absolute Gasteiger partial charge is 0.461 e. The van der Waals surface area contributed by atoms with E-state index in [1.807, 2.05) is 0 Å². The number of carbonyl (C=O) groups excluding carboxylic acids is 2. The highest BCUT2D eigenvalue weighted by Crippen LogP contribution is 2.21. The van der Waals surface area contributed by atoms with Crippen LogP contribution in [-0.2, 0) is 16.1 Å². The first-order valence-electron chi connectivity index (χ1n) is 6.47. The first-order chi connectivity index (χ1) is 10.6. The lowest BCUT2D eigenvalue weighted by atomic mass is 10.2. The van der Waals surface area contributed by atoms with Crippen molar-refractivity contribution < 1.29 is 18.7 Å². The van der Waals surface area contributed by atoms with Gasteiger partial charge in [-0.1, -0.05) is 29.3 Å². The number of halogens is 2. The average Bonchev–Trinajstić information content (AvgIpc) is 3.00. The van der Waals surface area contributed by atoms with Crippen LogP contribution in [0.2, 0.25) is 10.0 Å². The molecule has 0 fully saturated rings. The molecule has 22 heavy (non-hydrogen) atoms. The molecule has 1 N–H and O–H groups in total. The molecule has 7 heteroatoms. The van der Waals surface area contributed by atoms with Crippen molar-refractivity contribution in [3.05, 3.63) is 58.0 Å². The third-order valence-corrected chi connectivity index (χ3v) is 3.35. The van der Waals surface area contributed by atoms with Crippen LogP contribution in [0.25, 0.3) is 0 Å². The molecule has 5 nitrogen and oxygen atoms in total. The molecule has 1 amide bonds. The van der Waals surface area contributed by atoms with Crippen molar-refractivity contribution in [1.29, 1.82) is 0 Å². The maximum absolute atomic E-state index is 11.6. The fraction of sp³-hybridized carbons (Fsp3) is 0.200. The number of hydrogen-bond acceptors (Lipinski definition) is 4. The highest BCUT2D eigenvalue weighted by atomic mass is 35.5. The van der Waals surface area contributed by atoms with Gasteiger partial charge in [0.25, 0.3) is 5.91 Å². The average molecular weight is 342 g/mol. The second-order valence-electron chi connectivity index (χ2n) is 4.38. The lowest BCUT2D eigenvalue weighted by Crippen LogP contribution is -2.26. The summed E-state index contributed by atoms with van der Waals surface area (Å²) in [6, 6.07) is 8.09. The van der Waals surface area contributed by atoms with Gasteiger partial charge < -0.3 is 14.5 Å². The SMILES string of the molecule is O=C(CCNC(=O)c1ccco1)OCc1ccc(Cl)cc1Cl. The van der Waals surface area contributed by atoms with Crippen molar-refractivity contribution >= 4 is 35.1 Å². The normalized spacial score (nSPS) is 10.3. The Labute approximate surface area is 137 Å². The fourth-order valence-electron chi connectivity index (χ4n) is 1.64. The predicted molar refractivity (Wildman–Crippen MR) is 81.9 cm³/mol. The van der Waals surface area contributed by atoms with Gasteiger partial charge in [0.15, 0.2) is 5.76 Å². The van der Waals surface area contributed by atoms with Gasteiger partial charge in [-0.2, -0.15) is 0 Å². The van der Waals surface area contributed by atoms with Crippen LogP contribution < -0.4 is 5.32 Å². The zero-order valence-corrected chi connectivity index (χ0v) is 13.0. The number of hydrogen-bond donors (Lipinski definition) is 1. The minimum absolute atomic E-state index is 0.0532. The van der Waals surface area contributed by atoms with E-state index in [1.54, 1.807) is 24.3 Å². The Bertz CT molecular complexity index is 656. The maximum Gasteiger partial charge on any atom is 0.307 e. The molecule has 0 bridgehead atoms. The molecule has 0 saturated heterocycles. The summed E-state index contributed by atoms with van der Waals surface area (Å²) in [6.45, 7) is 0.216. The third-order valence-electron chi connectivity index (χ3n) is 2.76. The van der Waals surface area contributed by atoms with Crippen LogP contribution in [0.5, 0.6) is 0 Å². The number of nitrogens with one attached hydrogen (secondary N) is 1. The van der Waals surface area contributed by atoms with Crippen molar-refractivity contribution in [2.24, 2.45) is 0 Å². The van der Waals surface area contributed by atoms with Crippen LogP contribution in [0.4, 0.5) is 0 Å². The molecule has 0 spiro atoms. The number of amides is 1. The van der Waals surface area contributed by atoms with E-state index in [0.29, 0.717) is 15.6 Å². The summed E-state index contributed by atoms with van der Waals surface area (Å²) in [5.74, 6) is -0.620. The molecule has 1 aromatic carbocycles. The molecular weight excluding hydrogens is 329 g/mol. The van der Waals surface area contributed by atoms with E-state index in [2.05, 4.69) is 5.32 Å². The summed E-state index contributed by atoms with van der Waals surface area (Å²) in [5, 5.41) is 3.51. The lowest BCUT2D eigenvalue weighted by Gasteiger charge is -2.07. The number of carbonyl (C=O) groups is 2. The standard InChI is InChI=1S/C15H13Cl2NO4/c16-11-4-3-10(12(17)8-11)9-22-14(19)5-6-18-15(20)13-2-1-7-21-13/h1-4,7-8H,5-6,9H2,(H,18,20). The molecule has 0 aliphatic rings. The topological polar surface area (TPSA) is 68.5 Å². The van der Waals surface area contributed by atoms with Gasteiger partial charge in [-0.15, -0.1) is 0 Å². The Kier molecular flexibility index (Phi) is 5.86. The minimum Gasteiger partial charge on any atom is -0.461 e. The molecule has 1 heterocycles. The quantitative estimate of drug-likeness (QED) is 0.817. The molecular formula is C15H13Cl2NO4. The van der Waals surface area contributed by atoms with E-state index < -0.39 is 5.97 Å². The van der Waals surface area contributed by atoms with Gasteiger partial charge in [0.05, 0.1) is 12.7 Å². The zero-order chi connectivity index (χ0) is 15.9. The smallest absolute Gasteiger partial charge is 0.307 e. The minimum atomic E-state index is -0.439. The number of rotatable bonds is 6. The maximum atomic E-state index is 11.6. The Hall–Kier alpha value is -1.98. The van der Waals surface area contributed by atoms with Gasteiger partial charge in [0.1, 0.15) is 6.61 Å². The number of furan rings is 1. The highest BCUT2D eigenvalue weighted by molar-refractivity contribution is 6.35. The summed E-state index contributed by atoms with van der Waals surface area (Å²) in [6.07, 6.45) is 1.46. The van der Waals surface area contributed by atoms with Crippen molar-refractivity contribution in [2.45, 2.75) is 13.0 Å². The van der Waals surface area contributed by atoms with E-state index in [0.717, 1.165) is 0 Å². The second kappa shape index (κ2) is 7.87. The molecule has 0 saturated carbocycles. The van der Waals surface area contributed by atoms with Gasteiger partial charge in [-0.05, 0) is 24.3 Å². The van der Waals surface area contributed by atoms with Crippen molar-refractivity contribution in [1.82, 2.24) is 5.32 Å². The van der Waals surface area contributed by atoms with E-state index in [1.165, 1.54) is 12.3 Å². The summed E-state index contributed by atoms with van der Waals surface area (Å²) in [4.78, 5) is 23.2. The van der Waals surface area contributed by atoms with Gasteiger partial charge in [-0.3, -0.25) is 9.59 Å². The Morgan fingerprint density at radius 2 is 2.05 bits per heavy atom. The van der Waals surface area contributed by atoms with Crippen LogP contribution in [0.1, 0.15) is 22.5 Å². The monoisotopic (exact) mass is 341 g/mol. The van der Waals surface area contributed by atoms with Crippen molar-refractivity contribution in [2.75, 3.05) is 6.54 Å². The van der Waals surface area contributed by atoms with Crippen LogP contribution >= 0.6 is 23.2 Å². The number of benzene rings is 1. The molecule has 0 atom stereocenters. The van der Waals surface area contributed by atoms with Crippen LogP contribution in [0, 0.1) is 0 Å². The molecule has 1 aromatic heterocycles. The Morgan fingerprint density at radius 3 is 2.73 bits per heavy atom. The number of ether oxygens (including phenoxy) is 1. The molecule has 2 aromatic rings. The van der Waals surface area contributed by atoms with E-state index in [-0.39, 0.29) is 31.2 Å². The Balaban J connectivity index is 1.71. The van der Waals surface area contributed by atoms with Gasteiger partial charge in [0, 0.05) is 22.2 Å². The van der Waals surface area contributed by atoms with E-state index in [4.69, 9.17) is 32.4 Å². The Morgan fingerprint density at radius 1 is 1.23 bits per heavy atom. The van der Waals surface area contributed by atoms with E-state index in [9.17, 15) is 9.59 Å². The lowest BCUT2D eigenvalue weighted by molar-refractivity contribution is -0.144. The van der Waals surface area contributed by atoms with Crippen molar-refractivity contribution in [3.8, 4) is 0 Å². The van der Waals surface area contributed by atoms with E-state index >= 15 is 0 Å². The zero-order valence-electron chi connectivity index (χ0n) is 11.5. The molecule has 2 rings (SSSR count). The summed E-state index contributed by atoms with van der Waals surface area (Å²) >= 11 is 11.8. The fourth-order valence-corrected chi connectivity index (χ4v) is 2.11. The van der Waals surface area contributed by atoms with Crippen molar-refractivity contribution in [3.63, 3.8) is 0 Å². The second-order valence-corrected chi connectivity index (χ2v) is 5.22. The van der Waals surface area contributed by atoms with Gasteiger partial charge >= 0.3 is 5.97 Å². The first kappa shape index (κ1) is 16.4. The summed E-state index contributed by atoms with van der Waals surface area (Å²) in [7, 11) is 0. The number of esters is 1. The summed E-state index contributed by atoms with van der Waals surface area (Å²) < 4.78 is 10.0.